The number of rotatable bonds is 2. The minimum Gasteiger partial charge on any atom is -0.441 e. The molecule has 0 unspecified atom stereocenters. The van der Waals surface area contributed by atoms with E-state index in [0.717, 1.165) is 17.0 Å². The smallest absolute Gasteiger partial charge is 0.226 e. The summed E-state index contributed by atoms with van der Waals surface area (Å²) >= 11 is 1.73. The molecule has 0 saturated carbocycles. The predicted octanol–water partition coefficient (Wildman–Crippen LogP) is 3.68. The highest BCUT2D eigenvalue weighted by Crippen LogP contribution is 2.23. The predicted molar refractivity (Wildman–Crippen MR) is 63.2 cm³/mol. The van der Waals surface area contributed by atoms with Gasteiger partial charge in [-0.1, -0.05) is 0 Å². The zero-order valence-corrected chi connectivity index (χ0v) is 9.89. The van der Waals surface area contributed by atoms with Gasteiger partial charge in [-0.25, -0.2) is 4.98 Å². The number of aromatic nitrogens is 1. The molecule has 15 heavy (non-hydrogen) atoms. The number of aryl methyl sites for hydroxylation is 2. The van der Waals surface area contributed by atoms with Crippen LogP contribution in [0.25, 0.3) is 11.5 Å². The second-order valence-electron chi connectivity index (χ2n) is 3.39. The van der Waals surface area contributed by atoms with Gasteiger partial charge in [-0.2, -0.15) is 0 Å². The summed E-state index contributed by atoms with van der Waals surface area (Å²) < 4.78 is 5.56. The van der Waals surface area contributed by atoms with Crippen molar-refractivity contribution in [3.05, 3.63) is 35.7 Å². The van der Waals surface area contributed by atoms with Crippen LogP contribution in [0.3, 0.4) is 0 Å². The molecular formula is C12H13NOS. The van der Waals surface area contributed by atoms with Crippen LogP contribution in [-0.4, -0.2) is 11.2 Å². The molecule has 2 nitrogen and oxygen atoms in total. The van der Waals surface area contributed by atoms with Crippen molar-refractivity contribution in [2.24, 2.45) is 0 Å². The van der Waals surface area contributed by atoms with Crippen molar-refractivity contribution < 1.29 is 4.42 Å². The highest BCUT2D eigenvalue weighted by Gasteiger charge is 2.07. The first-order chi connectivity index (χ1) is 7.20. The van der Waals surface area contributed by atoms with E-state index >= 15 is 0 Å². The molecule has 0 saturated heterocycles. The van der Waals surface area contributed by atoms with E-state index in [0.29, 0.717) is 5.89 Å². The molecular weight excluding hydrogens is 206 g/mol. The Bertz CT molecular complexity index is 439. The summed E-state index contributed by atoms with van der Waals surface area (Å²) in [5, 5.41) is 0. The molecule has 0 aliphatic carbocycles. The van der Waals surface area contributed by atoms with Gasteiger partial charge in [0.05, 0.1) is 5.69 Å². The largest absolute Gasteiger partial charge is 0.441 e. The molecule has 0 atom stereocenters. The Kier molecular flexibility index (Phi) is 2.82. The number of oxazole rings is 1. The summed E-state index contributed by atoms with van der Waals surface area (Å²) in [5.41, 5.74) is 1.99. The van der Waals surface area contributed by atoms with Crippen molar-refractivity contribution in [3.63, 3.8) is 0 Å². The van der Waals surface area contributed by atoms with E-state index in [9.17, 15) is 0 Å². The second-order valence-corrected chi connectivity index (χ2v) is 4.27. The quantitative estimate of drug-likeness (QED) is 0.721. The van der Waals surface area contributed by atoms with E-state index in [1.807, 2.05) is 26.0 Å². The Morgan fingerprint density at radius 3 is 2.27 bits per heavy atom. The molecule has 0 amide bonds. The van der Waals surface area contributed by atoms with Crippen LogP contribution in [0.15, 0.2) is 33.6 Å². The lowest BCUT2D eigenvalue weighted by Gasteiger charge is -1.97. The van der Waals surface area contributed by atoms with Gasteiger partial charge in [0.25, 0.3) is 0 Å². The molecule has 78 valence electrons. The molecule has 1 heterocycles. The number of thioether (sulfide) groups is 1. The zero-order chi connectivity index (χ0) is 10.8. The van der Waals surface area contributed by atoms with Gasteiger partial charge in [0, 0.05) is 10.5 Å². The molecule has 0 N–H and O–H groups in total. The average Bonchev–Trinajstić information content (AvgIpc) is 2.59. The van der Waals surface area contributed by atoms with Gasteiger partial charge in [0.15, 0.2) is 0 Å². The first kappa shape index (κ1) is 10.3. The Balaban J connectivity index is 2.37. The average molecular weight is 219 g/mol. The summed E-state index contributed by atoms with van der Waals surface area (Å²) in [4.78, 5) is 5.61. The maximum Gasteiger partial charge on any atom is 0.226 e. The molecule has 0 radical (unpaired) electrons. The number of nitrogens with zero attached hydrogens (tertiary/aromatic N) is 1. The highest BCUT2D eigenvalue weighted by molar-refractivity contribution is 7.98. The minimum atomic E-state index is 0.706. The third-order valence-electron chi connectivity index (χ3n) is 2.37. The molecule has 2 aromatic rings. The topological polar surface area (TPSA) is 26.0 Å². The summed E-state index contributed by atoms with van der Waals surface area (Å²) in [6.07, 6.45) is 2.06. The van der Waals surface area contributed by atoms with E-state index in [1.165, 1.54) is 4.90 Å². The fraction of sp³-hybridized carbons (Fsp3) is 0.250. The second kappa shape index (κ2) is 4.11. The SMILES string of the molecule is CSc1ccc(-c2nc(C)c(C)o2)cc1. The van der Waals surface area contributed by atoms with Gasteiger partial charge in [0.1, 0.15) is 5.76 Å². The highest BCUT2D eigenvalue weighted by atomic mass is 32.2. The van der Waals surface area contributed by atoms with Gasteiger partial charge in [-0.3, -0.25) is 0 Å². The van der Waals surface area contributed by atoms with E-state index < -0.39 is 0 Å². The monoisotopic (exact) mass is 219 g/mol. The van der Waals surface area contributed by atoms with Crippen LogP contribution in [0.4, 0.5) is 0 Å². The van der Waals surface area contributed by atoms with Crippen LogP contribution in [0, 0.1) is 13.8 Å². The molecule has 1 aromatic heterocycles. The number of hydrogen-bond acceptors (Lipinski definition) is 3. The van der Waals surface area contributed by atoms with E-state index in [-0.39, 0.29) is 0 Å². The zero-order valence-electron chi connectivity index (χ0n) is 9.07. The van der Waals surface area contributed by atoms with Crippen LogP contribution in [0.1, 0.15) is 11.5 Å². The molecule has 3 heteroatoms. The van der Waals surface area contributed by atoms with Gasteiger partial charge in [-0.05, 0) is 44.4 Å². The van der Waals surface area contributed by atoms with Crippen molar-refractivity contribution in [3.8, 4) is 11.5 Å². The van der Waals surface area contributed by atoms with Gasteiger partial charge in [-0.15, -0.1) is 11.8 Å². The maximum absolute atomic E-state index is 5.56. The molecule has 0 spiro atoms. The maximum atomic E-state index is 5.56. The standard InChI is InChI=1S/C12H13NOS/c1-8-9(2)14-12(13-8)10-4-6-11(15-3)7-5-10/h4-7H,1-3H3. The Morgan fingerprint density at radius 2 is 1.80 bits per heavy atom. The summed E-state index contributed by atoms with van der Waals surface area (Å²) in [6, 6.07) is 8.23. The van der Waals surface area contributed by atoms with Crippen LogP contribution in [0.2, 0.25) is 0 Å². The van der Waals surface area contributed by atoms with Crippen molar-refractivity contribution in [1.82, 2.24) is 4.98 Å². The Hall–Kier alpha value is -1.22. The van der Waals surface area contributed by atoms with Crippen molar-refractivity contribution >= 4 is 11.8 Å². The van der Waals surface area contributed by atoms with Crippen LogP contribution >= 0.6 is 11.8 Å². The normalized spacial score (nSPS) is 10.6. The third kappa shape index (κ3) is 2.07. The van der Waals surface area contributed by atoms with Gasteiger partial charge >= 0.3 is 0 Å². The fourth-order valence-electron chi connectivity index (χ4n) is 1.33. The molecule has 2 rings (SSSR count). The molecule has 1 aromatic carbocycles. The summed E-state index contributed by atoms with van der Waals surface area (Å²) in [7, 11) is 0. The van der Waals surface area contributed by atoms with E-state index in [2.05, 4.69) is 23.4 Å². The van der Waals surface area contributed by atoms with Crippen molar-refractivity contribution in [1.29, 1.82) is 0 Å². The lowest BCUT2D eigenvalue weighted by molar-refractivity contribution is 0.541. The molecule has 0 aliphatic rings. The van der Waals surface area contributed by atoms with Crippen LogP contribution in [0.5, 0.6) is 0 Å². The van der Waals surface area contributed by atoms with Gasteiger partial charge in [0.2, 0.25) is 5.89 Å². The lowest BCUT2D eigenvalue weighted by atomic mass is 10.2. The van der Waals surface area contributed by atoms with Crippen LogP contribution in [-0.2, 0) is 0 Å². The summed E-state index contributed by atoms with van der Waals surface area (Å²) in [6.45, 7) is 3.89. The van der Waals surface area contributed by atoms with E-state index in [1.54, 1.807) is 11.8 Å². The van der Waals surface area contributed by atoms with E-state index in [4.69, 9.17) is 4.42 Å². The Morgan fingerprint density at radius 1 is 1.13 bits per heavy atom. The van der Waals surface area contributed by atoms with Gasteiger partial charge < -0.3 is 4.42 Å². The first-order valence-electron chi connectivity index (χ1n) is 4.79. The van der Waals surface area contributed by atoms with Crippen molar-refractivity contribution in [2.45, 2.75) is 18.7 Å². The van der Waals surface area contributed by atoms with Crippen molar-refractivity contribution in [2.75, 3.05) is 6.26 Å². The van der Waals surface area contributed by atoms with Crippen LogP contribution < -0.4 is 0 Å². The number of hydrogen-bond donors (Lipinski definition) is 0. The minimum absolute atomic E-state index is 0.706. The third-order valence-corrected chi connectivity index (χ3v) is 3.11. The fourth-order valence-corrected chi connectivity index (χ4v) is 1.74. The number of benzene rings is 1. The lowest BCUT2D eigenvalue weighted by Crippen LogP contribution is -1.78. The molecule has 0 fully saturated rings. The molecule has 0 aliphatic heterocycles. The first-order valence-corrected chi connectivity index (χ1v) is 6.01. The summed E-state index contributed by atoms with van der Waals surface area (Å²) in [5.74, 6) is 1.59. The molecule has 0 bridgehead atoms. The Labute approximate surface area is 93.7 Å².